The van der Waals surface area contributed by atoms with E-state index in [-0.39, 0.29) is 6.04 Å². The number of rotatable bonds is 0. The first kappa shape index (κ1) is 9.86. The lowest BCUT2D eigenvalue weighted by molar-refractivity contribution is 1.00. The average Bonchev–Trinajstić information content (AvgIpc) is 2.01. The normalized spacial score (nSPS) is 20.1. The Morgan fingerprint density at radius 3 is 2.82 bits per heavy atom. The van der Waals surface area contributed by atoms with Crippen LogP contribution >= 0.6 is 0 Å². The molecule has 0 aromatic carbocycles. The van der Waals surface area contributed by atoms with Crippen molar-refractivity contribution in [3.05, 3.63) is 18.0 Å². The second kappa shape index (κ2) is 6.97. The summed E-state index contributed by atoms with van der Waals surface area (Å²) in [6.07, 6.45) is 6.87. The SMILES string of the molecule is CC.CC1C=NC=C=CC=N1. The summed E-state index contributed by atoms with van der Waals surface area (Å²) in [6.45, 7) is 5.98. The van der Waals surface area contributed by atoms with Gasteiger partial charge in [0.1, 0.15) is 0 Å². The predicted octanol–water partition coefficient (Wildman–Crippen LogP) is 2.23. The van der Waals surface area contributed by atoms with Crippen LogP contribution in [0, 0.1) is 0 Å². The molecule has 1 rings (SSSR count). The highest BCUT2D eigenvalue weighted by Crippen LogP contribution is 1.86. The monoisotopic (exact) mass is 150 g/mol. The van der Waals surface area contributed by atoms with Crippen molar-refractivity contribution in [2.75, 3.05) is 0 Å². The van der Waals surface area contributed by atoms with E-state index < -0.39 is 0 Å². The van der Waals surface area contributed by atoms with Gasteiger partial charge in [0, 0.05) is 12.4 Å². The summed E-state index contributed by atoms with van der Waals surface area (Å²) < 4.78 is 0. The maximum Gasteiger partial charge on any atom is 0.0822 e. The zero-order valence-electron chi connectivity index (χ0n) is 7.28. The number of allylic oxidation sites excluding steroid dienone is 1. The summed E-state index contributed by atoms with van der Waals surface area (Å²) in [5.41, 5.74) is 2.81. The molecule has 0 bridgehead atoms. The number of hydrogen-bond acceptors (Lipinski definition) is 2. The molecule has 0 aliphatic carbocycles. The lowest BCUT2D eigenvalue weighted by atomic mass is 10.4. The van der Waals surface area contributed by atoms with E-state index in [2.05, 4.69) is 15.7 Å². The molecule has 0 N–H and O–H groups in total. The molecule has 11 heavy (non-hydrogen) atoms. The highest BCUT2D eigenvalue weighted by molar-refractivity contribution is 5.75. The Morgan fingerprint density at radius 2 is 2.09 bits per heavy atom. The molecule has 1 heterocycles. The minimum absolute atomic E-state index is 0.194. The van der Waals surface area contributed by atoms with Crippen LogP contribution in [0.15, 0.2) is 28.0 Å². The van der Waals surface area contributed by atoms with E-state index in [0.29, 0.717) is 0 Å². The van der Waals surface area contributed by atoms with E-state index in [0.717, 1.165) is 0 Å². The summed E-state index contributed by atoms with van der Waals surface area (Å²) in [6, 6.07) is 0.194. The predicted molar refractivity (Wildman–Crippen MR) is 50.4 cm³/mol. The van der Waals surface area contributed by atoms with Crippen LogP contribution in [0.25, 0.3) is 0 Å². The van der Waals surface area contributed by atoms with Crippen molar-refractivity contribution in [1.29, 1.82) is 0 Å². The van der Waals surface area contributed by atoms with Gasteiger partial charge in [-0.3, -0.25) is 9.98 Å². The second-order valence-electron chi connectivity index (χ2n) is 1.80. The quantitative estimate of drug-likeness (QED) is 0.473. The van der Waals surface area contributed by atoms with E-state index in [9.17, 15) is 0 Å². The van der Waals surface area contributed by atoms with Gasteiger partial charge in [-0.1, -0.05) is 19.6 Å². The Hall–Kier alpha value is -1.14. The van der Waals surface area contributed by atoms with Gasteiger partial charge in [-0.15, -0.1) is 0 Å². The molecule has 1 aliphatic heterocycles. The fraction of sp³-hybridized carbons (Fsp3) is 0.444. The smallest absolute Gasteiger partial charge is 0.0822 e. The van der Waals surface area contributed by atoms with Gasteiger partial charge in [-0.2, -0.15) is 0 Å². The Balaban J connectivity index is 0.000000461. The van der Waals surface area contributed by atoms with Gasteiger partial charge in [0.25, 0.3) is 0 Å². The van der Waals surface area contributed by atoms with Gasteiger partial charge < -0.3 is 0 Å². The van der Waals surface area contributed by atoms with E-state index in [1.54, 1.807) is 24.7 Å². The summed E-state index contributed by atoms with van der Waals surface area (Å²) in [5.74, 6) is 0. The molecule has 1 unspecified atom stereocenters. The molecule has 0 saturated carbocycles. The van der Waals surface area contributed by atoms with E-state index in [1.807, 2.05) is 20.8 Å². The molecule has 0 saturated heterocycles. The van der Waals surface area contributed by atoms with Crippen molar-refractivity contribution in [3.63, 3.8) is 0 Å². The molecule has 0 fully saturated rings. The summed E-state index contributed by atoms with van der Waals surface area (Å²) in [7, 11) is 0. The molecule has 2 nitrogen and oxygen atoms in total. The standard InChI is InChI=1S/C7H8N2.C2H6/c1-7-6-8-4-2-3-5-9-7;1-2/h3-7H,1H3;1-2H3. The first-order chi connectivity index (χ1) is 5.39. The van der Waals surface area contributed by atoms with Crippen molar-refractivity contribution in [3.8, 4) is 0 Å². The van der Waals surface area contributed by atoms with E-state index in [1.165, 1.54) is 0 Å². The minimum Gasteiger partial charge on any atom is -0.284 e. The molecule has 1 atom stereocenters. The Kier molecular flexibility index (Phi) is 6.25. The maximum absolute atomic E-state index is 4.07. The molecule has 0 aromatic heterocycles. The zero-order chi connectivity index (χ0) is 8.53. The largest absolute Gasteiger partial charge is 0.284 e. The van der Waals surface area contributed by atoms with Crippen LogP contribution in [0.4, 0.5) is 0 Å². The van der Waals surface area contributed by atoms with Gasteiger partial charge in [0.05, 0.1) is 12.2 Å². The lowest BCUT2D eigenvalue weighted by Gasteiger charge is -1.93. The molecular formula is C9H14N2. The number of nitrogens with zero attached hydrogens (tertiary/aromatic N) is 2. The molecular weight excluding hydrogens is 136 g/mol. The van der Waals surface area contributed by atoms with Crippen LogP contribution in [0.5, 0.6) is 0 Å². The van der Waals surface area contributed by atoms with Gasteiger partial charge in [0.15, 0.2) is 0 Å². The zero-order valence-corrected chi connectivity index (χ0v) is 7.28. The van der Waals surface area contributed by atoms with Crippen LogP contribution in [-0.2, 0) is 0 Å². The van der Waals surface area contributed by atoms with Crippen molar-refractivity contribution in [2.45, 2.75) is 26.8 Å². The van der Waals surface area contributed by atoms with Gasteiger partial charge in [0.2, 0.25) is 0 Å². The molecule has 0 aromatic rings. The fourth-order valence-electron chi connectivity index (χ4n) is 0.514. The Labute approximate surface area is 68.1 Å². The average molecular weight is 150 g/mol. The Morgan fingerprint density at radius 1 is 1.36 bits per heavy atom. The van der Waals surface area contributed by atoms with Crippen molar-refractivity contribution < 1.29 is 0 Å². The molecule has 0 spiro atoms. The van der Waals surface area contributed by atoms with Gasteiger partial charge in [-0.05, 0) is 13.0 Å². The van der Waals surface area contributed by atoms with Crippen LogP contribution in [-0.4, -0.2) is 18.5 Å². The lowest BCUT2D eigenvalue weighted by Crippen LogP contribution is -1.98. The minimum atomic E-state index is 0.194. The maximum atomic E-state index is 4.07. The molecule has 0 radical (unpaired) electrons. The van der Waals surface area contributed by atoms with Gasteiger partial charge >= 0.3 is 0 Å². The number of aliphatic imine (C=N–C) groups is 2. The molecule has 2 heteroatoms. The summed E-state index contributed by atoms with van der Waals surface area (Å²) in [5, 5.41) is 0. The van der Waals surface area contributed by atoms with Crippen molar-refractivity contribution in [2.24, 2.45) is 9.98 Å². The first-order valence-corrected chi connectivity index (χ1v) is 3.85. The summed E-state index contributed by atoms with van der Waals surface area (Å²) >= 11 is 0. The van der Waals surface area contributed by atoms with Crippen LogP contribution in [0.2, 0.25) is 0 Å². The van der Waals surface area contributed by atoms with Crippen molar-refractivity contribution in [1.82, 2.24) is 0 Å². The van der Waals surface area contributed by atoms with Gasteiger partial charge in [-0.25, -0.2) is 0 Å². The molecule has 0 amide bonds. The fourth-order valence-corrected chi connectivity index (χ4v) is 0.514. The highest BCUT2D eigenvalue weighted by Gasteiger charge is 1.88. The Bertz CT molecular complexity index is 178. The van der Waals surface area contributed by atoms with Crippen LogP contribution in [0.1, 0.15) is 20.8 Å². The van der Waals surface area contributed by atoms with Crippen LogP contribution < -0.4 is 0 Å². The van der Waals surface area contributed by atoms with Crippen molar-refractivity contribution >= 4 is 12.4 Å². The molecule has 1 aliphatic rings. The van der Waals surface area contributed by atoms with Crippen LogP contribution in [0.3, 0.4) is 0 Å². The third-order valence-electron chi connectivity index (χ3n) is 0.943. The topological polar surface area (TPSA) is 24.7 Å². The van der Waals surface area contributed by atoms with E-state index in [4.69, 9.17) is 0 Å². The van der Waals surface area contributed by atoms with E-state index >= 15 is 0 Å². The summed E-state index contributed by atoms with van der Waals surface area (Å²) in [4.78, 5) is 7.98. The second-order valence-corrected chi connectivity index (χ2v) is 1.80. The third kappa shape index (κ3) is 5.31. The first-order valence-electron chi connectivity index (χ1n) is 3.85. The number of hydrogen-bond donors (Lipinski definition) is 0. The third-order valence-corrected chi connectivity index (χ3v) is 0.943. The highest BCUT2D eigenvalue weighted by atomic mass is 14.8. The molecule has 60 valence electrons.